The molecule has 0 unspecified atom stereocenters. The Balaban J connectivity index is 1.41. The second-order valence-electron chi connectivity index (χ2n) is 9.74. The number of sulfonamides is 1. The van der Waals surface area contributed by atoms with Gasteiger partial charge in [-0.15, -0.1) is 0 Å². The molecule has 0 aromatic heterocycles. The zero-order valence-electron chi connectivity index (χ0n) is 19.9. The van der Waals surface area contributed by atoms with Gasteiger partial charge in [-0.1, -0.05) is 67.6 Å². The largest absolute Gasteiger partial charge is 0.377 e. The van der Waals surface area contributed by atoms with Crippen LogP contribution in [0.5, 0.6) is 0 Å². The molecule has 1 aliphatic carbocycles. The van der Waals surface area contributed by atoms with Crippen LogP contribution in [-0.4, -0.2) is 50.4 Å². The highest BCUT2D eigenvalue weighted by molar-refractivity contribution is 7.88. The number of hydrogen-bond donors (Lipinski definition) is 1. The van der Waals surface area contributed by atoms with Crippen molar-refractivity contribution in [3.8, 4) is 0 Å². The van der Waals surface area contributed by atoms with Crippen molar-refractivity contribution in [1.29, 1.82) is 0 Å². The van der Waals surface area contributed by atoms with Gasteiger partial charge in [0.2, 0.25) is 10.0 Å². The van der Waals surface area contributed by atoms with E-state index in [0.29, 0.717) is 18.6 Å². The van der Waals surface area contributed by atoms with Crippen molar-refractivity contribution < 1.29 is 13.2 Å². The molecule has 1 saturated heterocycles. The number of benzene rings is 2. The average molecular weight is 471 g/mol. The highest BCUT2D eigenvalue weighted by Crippen LogP contribution is 2.35. The second-order valence-corrected chi connectivity index (χ2v) is 11.5. The molecule has 2 fully saturated rings. The molecule has 0 amide bonds. The first kappa shape index (κ1) is 24.4. The topological polar surface area (TPSA) is 58.6 Å². The fraction of sp³-hybridized carbons (Fsp3) is 0.556. The maximum atomic E-state index is 12.1. The minimum absolute atomic E-state index is 0.0386. The zero-order valence-corrected chi connectivity index (χ0v) is 20.7. The molecule has 2 aromatic rings. The predicted octanol–water partition coefficient (Wildman–Crippen LogP) is 4.70. The number of ether oxygens (including phenoxy) is 1. The monoisotopic (exact) mass is 470 g/mol. The second kappa shape index (κ2) is 11.1. The molecule has 180 valence electrons. The van der Waals surface area contributed by atoms with Gasteiger partial charge in [0, 0.05) is 18.6 Å². The summed E-state index contributed by atoms with van der Waals surface area (Å²) in [5.41, 5.74) is 2.69. The molecule has 0 bridgehead atoms. The van der Waals surface area contributed by atoms with Gasteiger partial charge in [-0.25, -0.2) is 13.1 Å². The van der Waals surface area contributed by atoms with E-state index in [-0.39, 0.29) is 18.2 Å². The third-order valence-electron chi connectivity index (χ3n) is 7.38. The predicted molar refractivity (Wildman–Crippen MR) is 134 cm³/mol. The normalized spacial score (nSPS) is 28.7. The molecule has 33 heavy (non-hydrogen) atoms. The molecule has 3 atom stereocenters. The van der Waals surface area contributed by atoms with Crippen LogP contribution >= 0.6 is 0 Å². The third-order valence-corrected chi connectivity index (χ3v) is 8.11. The summed E-state index contributed by atoms with van der Waals surface area (Å²) in [6, 6.07) is 21.5. The smallest absolute Gasteiger partial charge is 0.209 e. The van der Waals surface area contributed by atoms with E-state index in [1.165, 1.54) is 17.4 Å². The van der Waals surface area contributed by atoms with Crippen LogP contribution in [0.2, 0.25) is 0 Å². The fourth-order valence-electron chi connectivity index (χ4n) is 5.67. The number of likely N-dealkylation sites (tertiary alicyclic amines) is 1. The third kappa shape index (κ3) is 6.66. The summed E-state index contributed by atoms with van der Waals surface area (Å²) in [6.07, 6.45) is 7.75. The molecule has 0 radical (unpaired) electrons. The average Bonchev–Trinajstić information content (AvgIpc) is 3.13. The van der Waals surface area contributed by atoms with Crippen molar-refractivity contribution >= 4 is 10.0 Å². The molecular formula is C27H38N2O3S. The Bertz CT molecular complexity index is 959. The summed E-state index contributed by atoms with van der Waals surface area (Å²) in [7, 11) is -3.28. The van der Waals surface area contributed by atoms with E-state index in [9.17, 15) is 8.42 Å². The highest BCUT2D eigenvalue weighted by atomic mass is 32.2. The number of nitrogens with zero attached hydrogens (tertiary/aromatic N) is 1. The quantitative estimate of drug-likeness (QED) is 0.577. The Hall–Kier alpha value is -1.73. The van der Waals surface area contributed by atoms with Gasteiger partial charge in [0.1, 0.15) is 0 Å². The van der Waals surface area contributed by atoms with Gasteiger partial charge in [-0.3, -0.25) is 4.90 Å². The molecule has 1 aliphatic heterocycles. The summed E-state index contributed by atoms with van der Waals surface area (Å²) in [4.78, 5) is 2.47. The molecule has 1 saturated carbocycles. The molecule has 5 nitrogen and oxygen atoms in total. The van der Waals surface area contributed by atoms with Crippen LogP contribution in [0.25, 0.3) is 0 Å². The Kier molecular flexibility index (Phi) is 8.23. The van der Waals surface area contributed by atoms with E-state index in [4.69, 9.17) is 4.74 Å². The van der Waals surface area contributed by atoms with Crippen LogP contribution in [0, 0.1) is 0 Å². The van der Waals surface area contributed by atoms with Gasteiger partial charge in [0.25, 0.3) is 0 Å². The highest BCUT2D eigenvalue weighted by Gasteiger charge is 2.42. The number of rotatable bonds is 9. The van der Waals surface area contributed by atoms with Crippen molar-refractivity contribution in [2.75, 3.05) is 12.9 Å². The summed E-state index contributed by atoms with van der Waals surface area (Å²) in [5, 5.41) is 0. The van der Waals surface area contributed by atoms with Crippen LogP contribution < -0.4 is 4.72 Å². The van der Waals surface area contributed by atoms with Crippen molar-refractivity contribution in [3.05, 3.63) is 71.8 Å². The first-order valence-electron chi connectivity index (χ1n) is 12.4. The molecule has 1 N–H and O–H groups in total. The fourth-order valence-corrected chi connectivity index (χ4v) is 6.47. The van der Waals surface area contributed by atoms with Gasteiger partial charge in [-0.2, -0.15) is 0 Å². The van der Waals surface area contributed by atoms with Crippen LogP contribution in [0.1, 0.15) is 62.5 Å². The Morgan fingerprint density at radius 2 is 1.61 bits per heavy atom. The summed E-state index contributed by atoms with van der Waals surface area (Å²) in [6.45, 7) is 3.57. The van der Waals surface area contributed by atoms with Gasteiger partial charge in [0.15, 0.2) is 0 Å². The van der Waals surface area contributed by atoms with Crippen molar-refractivity contribution in [1.82, 2.24) is 9.62 Å². The van der Waals surface area contributed by atoms with Crippen molar-refractivity contribution in [3.63, 3.8) is 0 Å². The first-order valence-corrected chi connectivity index (χ1v) is 14.3. The Labute approximate surface area is 199 Å². The maximum absolute atomic E-state index is 12.1. The summed E-state index contributed by atoms with van der Waals surface area (Å²) >= 11 is 0. The van der Waals surface area contributed by atoms with E-state index in [2.05, 4.69) is 71.1 Å². The molecule has 2 aromatic carbocycles. The van der Waals surface area contributed by atoms with Gasteiger partial charge in [-0.05, 0) is 55.6 Å². The Morgan fingerprint density at radius 3 is 2.21 bits per heavy atom. The molecule has 6 heteroatoms. The lowest BCUT2D eigenvalue weighted by Crippen LogP contribution is -2.48. The van der Waals surface area contributed by atoms with Crippen LogP contribution in [0.3, 0.4) is 0 Å². The molecule has 1 heterocycles. The minimum Gasteiger partial charge on any atom is -0.377 e. The van der Waals surface area contributed by atoms with E-state index >= 15 is 0 Å². The maximum Gasteiger partial charge on any atom is 0.209 e. The molecule has 2 aliphatic rings. The van der Waals surface area contributed by atoms with Crippen LogP contribution in [-0.2, 0) is 21.3 Å². The minimum atomic E-state index is -3.28. The van der Waals surface area contributed by atoms with Gasteiger partial charge < -0.3 is 4.74 Å². The number of hydrogen-bond acceptors (Lipinski definition) is 4. The lowest BCUT2D eigenvalue weighted by atomic mass is 9.83. The van der Waals surface area contributed by atoms with Crippen LogP contribution in [0.15, 0.2) is 60.7 Å². The van der Waals surface area contributed by atoms with Crippen LogP contribution in [0.4, 0.5) is 0 Å². The lowest BCUT2D eigenvalue weighted by molar-refractivity contribution is -0.0124. The summed E-state index contributed by atoms with van der Waals surface area (Å²) < 4.78 is 33.6. The van der Waals surface area contributed by atoms with E-state index < -0.39 is 10.0 Å². The SMILES string of the molecule is CC[C@@H]1C[C@H](NS(C)(=O)=O)[C@H](COC2CCC(c3ccccc3)CC2)N1Cc1ccccc1. The van der Waals surface area contributed by atoms with Gasteiger partial charge in [0.05, 0.1) is 25.0 Å². The van der Waals surface area contributed by atoms with E-state index in [1.54, 1.807) is 0 Å². The van der Waals surface area contributed by atoms with E-state index in [0.717, 1.165) is 45.1 Å². The molecule has 4 rings (SSSR count). The van der Waals surface area contributed by atoms with Crippen molar-refractivity contribution in [2.45, 2.75) is 82.1 Å². The first-order chi connectivity index (χ1) is 15.9. The standard InChI is InChI=1S/C27H38N2O3S/c1-3-24-18-26(28-33(2,30)31)27(29(24)19-21-10-6-4-7-11-21)20-32-25-16-14-23(15-17-25)22-12-8-5-9-13-22/h4-13,23-28H,3,14-20H2,1-2H3/t23?,24-,25?,26+,27+/m1/s1. The van der Waals surface area contributed by atoms with E-state index in [1.807, 2.05) is 6.07 Å². The summed E-state index contributed by atoms with van der Waals surface area (Å²) in [5.74, 6) is 0.622. The number of nitrogens with one attached hydrogen (secondary N) is 1. The van der Waals surface area contributed by atoms with Crippen molar-refractivity contribution in [2.24, 2.45) is 0 Å². The molecule has 0 spiro atoms. The van der Waals surface area contributed by atoms with Gasteiger partial charge >= 0.3 is 0 Å². The zero-order chi connectivity index (χ0) is 23.3. The molecular weight excluding hydrogens is 432 g/mol. The Morgan fingerprint density at radius 1 is 0.970 bits per heavy atom. The lowest BCUT2D eigenvalue weighted by Gasteiger charge is -2.34.